The topological polar surface area (TPSA) is 61.4 Å². The number of hydrogen-bond donors (Lipinski definition) is 3. The Morgan fingerprint density at radius 3 is 2.75 bits per heavy atom. The van der Waals surface area contributed by atoms with E-state index in [2.05, 4.69) is 10.6 Å². The number of nitrogens with one attached hydrogen (secondary N) is 2. The second-order valence-electron chi connectivity index (χ2n) is 3.57. The van der Waals surface area contributed by atoms with Gasteiger partial charge in [-0.3, -0.25) is 4.79 Å². The molecule has 0 aliphatic rings. The number of benzene rings is 1. The van der Waals surface area contributed by atoms with Gasteiger partial charge in [0, 0.05) is 20.0 Å². The molecule has 0 unspecified atom stereocenters. The number of anilines is 1. The molecule has 0 saturated carbocycles. The number of para-hydroxylation sites is 1. The van der Waals surface area contributed by atoms with Gasteiger partial charge in [-0.25, -0.2) is 0 Å². The Bertz CT molecular complexity index is 364. The standard InChI is InChI=1S/C12H18N2O2/c1-3-10-5-4-6-11(16)12(10)14-8-7-13-9(2)15/h4-6,14,16H,3,7-8H2,1-2H3,(H,13,15). The fourth-order valence-electron chi connectivity index (χ4n) is 1.51. The van der Waals surface area contributed by atoms with Crippen LogP contribution < -0.4 is 10.6 Å². The van der Waals surface area contributed by atoms with Crippen LogP contribution in [-0.4, -0.2) is 24.1 Å². The molecular formula is C12H18N2O2. The molecule has 1 rings (SSSR count). The van der Waals surface area contributed by atoms with Crippen molar-refractivity contribution in [3.05, 3.63) is 23.8 Å². The van der Waals surface area contributed by atoms with Crippen LogP contribution in [0.25, 0.3) is 0 Å². The molecule has 4 heteroatoms. The molecule has 1 aromatic carbocycles. The summed E-state index contributed by atoms with van der Waals surface area (Å²) in [6, 6.07) is 5.45. The smallest absolute Gasteiger partial charge is 0.216 e. The molecule has 0 heterocycles. The van der Waals surface area contributed by atoms with Crippen LogP contribution in [-0.2, 0) is 11.2 Å². The van der Waals surface area contributed by atoms with E-state index < -0.39 is 0 Å². The van der Waals surface area contributed by atoms with Crippen molar-refractivity contribution in [3.63, 3.8) is 0 Å². The predicted molar refractivity (Wildman–Crippen MR) is 64.7 cm³/mol. The quantitative estimate of drug-likeness (QED) is 0.522. The van der Waals surface area contributed by atoms with Gasteiger partial charge in [0.1, 0.15) is 5.75 Å². The minimum Gasteiger partial charge on any atom is -0.506 e. The molecule has 0 atom stereocenters. The van der Waals surface area contributed by atoms with E-state index in [-0.39, 0.29) is 11.7 Å². The lowest BCUT2D eigenvalue weighted by atomic mass is 10.1. The highest BCUT2D eigenvalue weighted by Gasteiger charge is 2.04. The molecular weight excluding hydrogens is 204 g/mol. The minimum atomic E-state index is -0.0465. The second kappa shape index (κ2) is 6.00. The Labute approximate surface area is 95.7 Å². The molecule has 1 amide bonds. The molecule has 1 aromatic rings. The zero-order valence-electron chi connectivity index (χ0n) is 9.71. The van der Waals surface area contributed by atoms with E-state index >= 15 is 0 Å². The van der Waals surface area contributed by atoms with Crippen molar-refractivity contribution in [2.75, 3.05) is 18.4 Å². The number of aromatic hydroxyl groups is 1. The third-order valence-corrected chi connectivity index (χ3v) is 2.31. The summed E-state index contributed by atoms with van der Waals surface area (Å²) < 4.78 is 0. The summed E-state index contributed by atoms with van der Waals surface area (Å²) in [6.45, 7) is 4.67. The normalized spacial score (nSPS) is 9.88. The molecule has 0 aromatic heterocycles. The van der Waals surface area contributed by atoms with E-state index in [1.165, 1.54) is 6.92 Å². The van der Waals surface area contributed by atoms with Crippen molar-refractivity contribution in [2.24, 2.45) is 0 Å². The molecule has 88 valence electrons. The van der Waals surface area contributed by atoms with Gasteiger partial charge in [0.25, 0.3) is 0 Å². The lowest BCUT2D eigenvalue weighted by Crippen LogP contribution is -2.26. The van der Waals surface area contributed by atoms with Crippen LogP contribution in [0.15, 0.2) is 18.2 Å². The summed E-state index contributed by atoms with van der Waals surface area (Å²) >= 11 is 0. The fourth-order valence-corrected chi connectivity index (χ4v) is 1.51. The number of carbonyl (C=O) groups is 1. The van der Waals surface area contributed by atoms with E-state index in [1.807, 2.05) is 19.1 Å². The second-order valence-corrected chi connectivity index (χ2v) is 3.57. The number of rotatable bonds is 5. The monoisotopic (exact) mass is 222 g/mol. The summed E-state index contributed by atoms with van der Waals surface area (Å²) in [5, 5.41) is 15.5. The third kappa shape index (κ3) is 3.46. The summed E-state index contributed by atoms with van der Waals surface area (Å²) in [6.07, 6.45) is 0.858. The Morgan fingerprint density at radius 2 is 2.12 bits per heavy atom. The molecule has 3 N–H and O–H groups in total. The van der Waals surface area contributed by atoms with Crippen LogP contribution >= 0.6 is 0 Å². The van der Waals surface area contributed by atoms with Crippen molar-refractivity contribution in [2.45, 2.75) is 20.3 Å². The molecule has 0 bridgehead atoms. The number of amides is 1. The molecule has 0 spiro atoms. The van der Waals surface area contributed by atoms with E-state index in [0.717, 1.165) is 17.7 Å². The maximum atomic E-state index is 10.7. The van der Waals surface area contributed by atoms with Crippen LogP contribution in [0.4, 0.5) is 5.69 Å². The van der Waals surface area contributed by atoms with E-state index in [4.69, 9.17) is 0 Å². The van der Waals surface area contributed by atoms with Crippen molar-refractivity contribution in [1.29, 1.82) is 0 Å². The average Bonchev–Trinajstić information content (AvgIpc) is 2.25. The van der Waals surface area contributed by atoms with Crippen LogP contribution in [0.2, 0.25) is 0 Å². The Kier molecular flexibility index (Phi) is 4.64. The molecule has 0 saturated heterocycles. The van der Waals surface area contributed by atoms with Crippen LogP contribution in [0.3, 0.4) is 0 Å². The number of phenolic OH excluding ortho intramolecular Hbond substituents is 1. The van der Waals surface area contributed by atoms with Gasteiger partial charge in [0.15, 0.2) is 0 Å². The van der Waals surface area contributed by atoms with Gasteiger partial charge in [-0.1, -0.05) is 19.1 Å². The van der Waals surface area contributed by atoms with Crippen molar-refractivity contribution >= 4 is 11.6 Å². The third-order valence-electron chi connectivity index (χ3n) is 2.31. The highest BCUT2D eigenvalue weighted by molar-refractivity contribution is 5.72. The Balaban J connectivity index is 2.55. The van der Waals surface area contributed by atoms with Crippen molar-refractivity contribution < 1.29 is 9.90 Å². The fraction of sp³-hybridized carbons (Fsp3) is 0.417. The maximum Gasteiger partial charge on any atom is 0.216 e. The molecule has 0 aliphatic heterocycles. The van der Waals surface area contributed by atoms with Gasteiger partial charge < -0.3 is 15.7 Å². The van der Waals surface area contributed by atoms with Gasteiger partial charge in [-0.2, -0.15) is 0 Å². The summed E-state index contributed by atoms with van der Waals surface area (Å²) in [5.74, 6) is 0.206. The van der Waals surface area contributed by atoms with Crippen LogP contribution in [0.5, 0.6) is 5.75 Å². The first kappa shape index (κ1) is 12.4. The molecule has 16 heavy (non-hydrogen) atoms. The summed E-state index contributed by atoms with van der Waals surface area (Å²) in [5.41, 5.74) is 1.83. The number of carbonyl (C=O) groups excluding carboxylic acids is 1. The van der Waals surface area contributed by atoms with E-state index in [0.29, 0.717) is 13.1 Å². The van der Waals surface area contributed by atoms with E-state index in [1.54, 1.807) is 6.07 Å². The first-order valence-electron chi connectivity index (χ1n) is 5.44. The zero-order chi connectivity index (χ0) is 12.0. The van der Waals surface area contributed by atoms with Crippen LogP contribution in [0.1, 0.15) is 19.4 Å². The largest absolute Gasteiger partial charge is 0.506 e. The van der Waals surface area contributed by atoms with Gasteiger partial charge in [-0.05, 0) is 18.1 Å². The highest BCUT2D eigenvalue weighted by Crippen LogP contribution is 2.27. The molecule has 0 aliphatic carbocycles. The highest BCUT2D eigenvalue weighted by atomic mass is 16.3. The van der Waals surface area contributed by atoms with Gasteiger partial charge >= 0.3 is 0 Å². The molecule has 0 radical (unpaired) electrons. The Morgan fingerprint density at radius 1 is 1.38 bits per heavy atom. The SMILES string of the molecule is CCc1cccc(O)c1NCCNC(C)=O. The first-order chi connectivity index (χ1) is 7.65. The van der Waals surface area contributed by atoms with Crippen molar-refractivity contribution in [1.82, 2.24) is 5.32 Å². The molecule has 4 nitrogen and oxygen atoms in total. The number of phenols is 1. The predicted octanol–water partition coefficient (Wildman–Crippen LogP) is 1.50. The van der Waals surface area contributed by atoms with Crippen molar-refractivity contribution in [3.8, 4) is 5.75 Å². The van der Waals surface area contributed by atoms with E-state index in [9.17, 15) is 9.90 Å². The van der Waals surface area contributed by atoms with Gasteiger partial charge in [-0.15, -0.1) is 0 Å². The zero-order valence-corrected chi connectivity index (χ0v) is 9.71. The molecule has 0 fully saturated rings. The number of hydrogen-bond acceptors (Lipinski definition) is 3. The number of aryl methyl sites for hydroxylation is 1. The van der Waals surface area contributed by atoms with Gasteiger partial charge in [0.2, 0.25) is 5.91 Å². The Hall–Kier alpha value is -1.71. The first-order valence-corrected chi connectivity index (χ1v) is 5.44. The summed E-state index contributed by atoms with van der Waals surface area (Å²) in [4.78, 5) is 10.7. The lowest BCUT2D eigenvalue weighted by Gasteiger charge is -2.12. The minimum absolute atomic E-state index is 0.0465. The average molecular weight is 222 g/mol. The lowest BCUT2D eigenvalue weighted by molar-refractivity contribution is -0.118. The summed E-state index contributed by atoms with van der Waals surface area (Å²) in [7, 11) is 0. The maximum absolute atomic E-state index is 10.7. The van der Waals surface area contributed by atoms with Gasteiger partial charge in [0.05, 0.1) is 5.69 Å². The van der Waals surface area contributed by atoms with Crippen LogP contribution in [0, 0.1) is 0 Å².